The Hall–Kier alpha value is -2.54. The van der Waals surface area contributed by atoms with Gasteiger partial charge in [0.25, 0.3) is 0 Å². The van der Waals surface area contributed by atoms with E-state index in [-0.39, 0.29) is 6.03 Å². The quantitative estimate of drug-likeness (QED) is 0.932. The second-order valence-electron chi connectivity index (χ2n) is 5.86. The molecule has 0 radical (unpaired) electrons. The van der Waals surface area contributed by atoms with Crippen molar-refractivity contribution in [1.82, 2.24) is 15.0 Å². The molecule has 24 heavy (non-hydrogen) atoms. The number of rotatable bonds is 4. The summed E-state index contributed by atoms with van der Waals surface area (Å²) in [6, 6.07) is 9.66. The van der Waals surface area contributed by atoms with Gasteiger partial charge in [-0.1, -0.05) is 17.3 Å². The summed E-state index contributed by atoms with van der Waals surface area (Å²) < 4.78 is 10.1. The number of anilines is 1. The van der Waals surface area contributed by atoms with Crippen molar-refractivity contribution in [2.45, 2.75) is 13.5 Å². The highest BCUT2D eigenvalue weighted by Crippen LogP contribution is 2.15. The summed E-state index contributed by atoms with van der Waals surface area (Å²) in [6.07, 6.45) is 0. The minimum Gasteiger partial charge on any atom is -0.497 e. The summed E-state index contributed by atoms with van der Waals surface area (Å²) in [4.78, 5) is 16.4. The number of amides is 2. The van der Waals surface area contributed by atoms with Crippen LogP contribution in [-0.4, -0.2) is 54.3 Å². The molecule has 1 fully saturated rings. The minimum absolute atomic E-state index is 0.132. The van der Waals surface area contributed by atoms with Crippen LogP contribution in [0, 0.1) is 6.92 Å². The predicted molar refractivity (Wildman–Crippen MR) is 90.1 cm³/mol. The van der Waals surface area contributed by atoms with Gasteiger partial charge in [0.1, 0.15) is 11.5 Å². The molecule has 0 atom stereocenters. The Balaban J connectivity index is 1.47. The van der Waals surface area contributed by atoms with Gasteiger partial charge in [0.05, 0.1) is 7.11 Å². The van der Waals surface area contributed by atoms with Crippen LogP contribution in [0.4, 0.5) is 10.6 Å². The Morgan fingerprint density at radius 3 is 2.54 bits per heavy atom. The molecule has 1 aliphatic heterocycles. The lowest BCUT2D eigenvalue weighted by molar-refractivity contribution is 0.143. The Morgan fingerprint density at radius 1 is 1.25 bits per heavy atom. The molecule has 0 saturated carbocycles. The maximum atomic E-state index is 12.2. The number of methoxy groups -OCH3 is 1. The number of aromatic nitrogens is 1. The molecule has 1 saturated heterocycles. The topological polar surface area (TPSA) is 70.8 Å². The molecular weight excluding hydrogens is 308 g/mol. The number of hydrogen-bond acceptors (Lipinski definition) is 5. The number of carbonyl (C=O) groups is 1. The molecule has 3 rings (SSSR count). The van der Waals surface area contributed by atoms with E-state index in [1.165, 1.54) is 5.56 Å². The number of benzene rings is 1. The summed E-state index contributed by atoms with van der Waals surface area (Å²) in [5.74, 6) is 2.00. The van der Waals surface area contributed by atoms with E-state index >= 15 is 0 Å². The molecule has 0 spiro atoms. The molecule has 7 nitrogen and oxygen atoms in total. The molecule has 1 aromatic carbocycles. The van der Waals surface area contributed by atoms with Crippen LogP contribution in [0.25, 0.3) is 0 Å². The smallest absolute Gasteiger partial charge is 0.323 e. The molecule has 0 unspecified atom stereocenters. The van der Waals surface area contributed by atoms with Gasteiger partial charge in [-0.15, -0.1) is 0 Å². The van der Waals surface area contributed by atoms with Crippen LogP contribution in [0.2, 0.25) is 0 Å². The molecule has 128 valence electrons. The van der Waals surface area contributed by atoms with Gasteiger partial charge in [-0.3, -0.25) is 10.2 Å². The summed E-state index contributed by atoms with van der Waals surface area (Å²) in [5.41, 5.74) is 1.24. The van der Waals surface area contributed by atoms with Gasteiger partial charge in [0.2, 0.25) is 0 Å². The summed E-state index contributed by atoms with van der Waals surface area (Å²) in [6.45, 7) is 5.74. The number of nitrogens with one attached hydrogen (secondary N) is 1. The molecule has 1 aliphatic rings. The molecule has 1 aromatic heterocycles. The third-order valence-electron chi connectivity index (χ3n) is 4.09. The van der Waals surface area contributed by atoms with Crippen LogP contribution >= 0.6 is 0 Å². The lowest BCUT2D eigenvalue weighted by Crippen LogP contribution is -2.49. The minimum atomic E-state index is -0.132. The number of ether oxygens (including phenoxy) is 1. The highest BCUT2D eigenvalue weighted by molar-refractivity contribution is 5.88. The highest BCUT2D eigenvalue weighted by Gasteiger charge is 2.21. The number of nitrogens with zero attached hydrogens (tertiary/aromatic N) is 3. The van der Waals surface area contributed by atoms with Gasteiger partial charge in [0, 0.05) is 38.8 Å². The molecule has 2 heterocycles. The molecule has 2 aromatic rings. The van der Waals surface area contributed by atoms with Crippen LogP contribution in [0.1, 0.15) is 11.3 Å². The van der Waals surface area contributed by atoms with E-state index < -0.39 is 0 Å². The van der Waals surface area contributed by atoms with E-state index in [4.69, 9.17) is 9.26 Å². The fourth-order valence-electron chi connectivity index (χ4n) is 2.71. The zero-order valence-electron chi connectivity index (χ0n) is 14.0. The van der Waals surface area contributed by atoms with E-state index in [1.54, 1.807) is 25.0 Å². The Kier molecular flexibility index (Phi) is 5.00. The number of hydrogen-bond donors (Lipinski definition) is 1. The predicted octanol–water partition coefficient (Wildman–Crippen LogP) is 2.34. The summed E-state index contributed by atoms with van der Waals surface area (Å²) in [5, 5.41) is 6.54. The van der Waals surface area contributed by atoms with E-state index in [9.17, 15) is 4.79 Å². The van der Waals surface area contributed by atoms with Crippen molar-refractivity contribution in [1.29, 1.82) is 0 Å². The van der Waals surface area contributed by atoms with Crippen molar-refractivity contribution in [3.05, 3.63) is 41.7 Å². The Labute approximate surface area is 141 Å². The van der Waals surface area contributed by atoms with Gasteiger partial charge in [0.15, 0.2) is 5.82 Å². The van der Waals surface area contributed by atoms with Crippen LogP contribution in [0.3, 0.4) is 0 Å². The van der Waals surface area contributed by atoms with Crippen LogP contribution in [-0.2, 0) is 6.54 Å². The van der Waals surface area contributed by atoms with Gasteiger partial charge in [-0.05, 0) is 24.6 Å². The SMILES string of the molecule is COc1ccc(CN2CCN(C(=O)Nc3cc(C)on3)CC2)cc1. The monoisotopic (exact) mass is 330 g/mol. The van der Waals surface area contributed by atoms with Crippen molar-refractivity contribution in [3.63, 3.8) is 0 Å². The second-order valence-corrected chi connectivity index (χ2v) is 5.86. The zero-order valence-corrected chi connectivity index (χ0v) is 14.0. The highest BCUT2D eigenvalue weighted by atomic mass is 16.5. The Bertz CT molecular complexity index is 675. The second kappa shape index (κ2) is 7.35. The molecule has 2 amide bonds. The first-order valence-corrected chi connectivity index (χ1v) is 7.98. The van der Waals surface area contributed by atoms with E-state index in [1.807, 2.05) is 12.1 Å². The average Bonchev–Trinajstić information content (AvgIpc) is 3.01. The van der Waals surface area contributed by atoms with Crippen LogP contribution in [0.15, 0.2) is 34.9 Å². The van der Waals surface area contributed by atoms with Crippen LogP contribution < -0.4 is 10.1 Å². The fourth-order valence-corrected chi connectivity index (χ4v) is 2.71. The molecule has 0 bridgehead atoms. The van der Waals surface area contributed by atoms with Gasteiger partial charge in [-0.25, -0.2) is 4.79 Å². The summed E-state index contributed by atoms with van der Waals surface area (Å²) in [7, 11) is 1.67. The maximum absolute atomic E-state index is 12.2. The third-order valence-corrected chi connectivity index (χ3v) is 4.09. The van der Waals surface area contributed by atoms with Gasteiger partial charge in [-0.2, -0.15) is 0 Å². The maximum Gasteiger partial charge on any atom is 0.323 e. The van der Waals surface area contributed by atoms with E-state index in [0.717, 1.165) is 25.4 Å². The van der Waals surface area contributed by atoms with E-state index in [0.29, 0.717) is 24.7 Å². The van der Waals surface area contributed by atoms with Crippen molar-refractivity contribution in [3.8, 4) is 5.75 Å². The molecular formula is C17H22N4O3. The van der Waals surface area contributed by atoms with Gasteiger partial charge >= 0.3 is 6.03 Å². The van der Waals surface area contributed by atoms with Crippen LogP contribution in [0.5, 0.6) is 5.75 Å². The summed E-state index contributed by atoms with van der Waals surface area (Å²) >= 11 is 0. The normalized spacial score (nSPS) is 15.3. The zero-order chi connectivity index (χ0) is 16.9. The number of carbonyl (C=O) groups excluding carboxylic acids is 1. The molecule has 7 heteroatoms. The first kappa shape index (κ1) is 16.3. The molecule has 1 N–H and O–H groups in total. The third kappa shape index (κ3) is 4.05. The van der Waals surface area contributed by atoms with Crippen molar-refractivity contribution >= 4 is 11.8 Å². The first-order valence-electron chi connectivity index (χ1n) is 7.98. The Morgan fingerprint density at radius 2 is 1.96 bits per heavy atom. The lowest BCUT2D eigenvalue weighted by atomic mass is 10.2. The number of piperazine rings is 1. The fraction of sp³-hybridized carbons (Fsp3) is 0.412. The first-order chi connectivity index (χ1) is 11.6. The average molecular weight is 330 g/mol. The van der Waals surface area contributed by atoms with Crippen molar-refractivity contribution in [2.24, 2.45) is 0 Å². The molecule has 0 aliphatic carbocycles. The van der Waals surface area contributed by atoms with E-state index in [2.05, 4.69) is 27.5 Å². The van der Waals surface area contributed by atoms with Crippen molar-refractivity contribution in [2.75, 3.05) is 38.6 Å². The number of urea groups is 1. The van der Waals surface area contributed by atoms with Crippen molar-refractivity contribution < 1.29 is 14.1 Å². The largest absolute Gasteiger partial charge is 0.497 e. The lowest BCUT2D eigenvalue weighted by Gasteiger charge is -2.34. The van der Waals surface area contributed by atoms with Gasteiger partial charge < -0.3 is 14.2 Å². The standard InChI is InChI=1S/C17H22N4O3/c1-13-11-16(19-24-13)18-17(22)21-9-7-20(8-10-21)12-14-3-5-15(23-2)6-4-14/h3-6,11H,7-10,12H2,1-2H3,(H,18,19,22). The number of aryl methyl sites for hydroxylation is 1.